The maximum absolute atomic E-state index is 13.5. The second-order valence-electron chi connectivity index (χ2n) is 13.8. The van der Waals surface area contributed by atoms with Crippen LogP contribution in [0.5, 0.6) is 11.5 Å². The Morgan fingerprint density at radius 2 is 1.76 bits per heavy atom. The Labute approximate surface area is 316 Å². The summed E-state index contributed by atoms with van der Waals surface area (Å²) in [4.78, 5) is 64.1. The number of benzene rings is 3. The Hall–Kier alpha value is -5.76. The number of hydrogen-bond acceptors (Lipinski definition) is 10. The molecular weight excluding hydrogens is 705 g/mol. The highest BCUT2D eigenvalue weighted by molar-refractivity contribution is 7.99. The lowest BCUT2D eigenvalue weighted by Crippen LogP contribution is -2.52. The Morgan fingerprint density at radius 3 is 2.57 bits per heavy atom. The van der Waals surface area contributed by atoms with Crippen LogP contribution in [0.3, 0.4) is 0 Å². The zero-order chi connectivity index (χ0) is 37.2. The van der Waals surface area contributed by atoms with Crippen molar-refractivity contribution in [2.45, 2.75) is 68.5 Å². The molecule has 1 unspecified atom stereocenters. The molecule has 0 spiro atoms. The number of piperidine rings is 2. The molecule has 276 valence electrons. The number of carbonyl (C=O) groups is 4. The van der Waals surface area contributed by atoms with Crippen LogP contribution in [0.25, 0.3) is 22.3 Å². The van der Waals surface area contributed by atoms with E-state index in [0.29, 0.717) is 66.3 Å². The van der Waals surface area contributed by atoms with Crippen LogP contribution in [0.15, 0.2) is 84.0 Å². The van der Waals surface area contributed by atoms with Gasteiger partial charge in [0, 0.05) is 48.5 Å². The van der Waals surface area contributed by atoms with E-state index >= 15 is 0 Å². The molecule has 0 bridgehead atoms. The maximum atomic E-state index is 13.5. The van der Waals surface area contributed by atoms with E-state index in [4.69, 9.17) is 15.6 Å². The number of aromatic nitrogens is 4. The third-order valence-electron chi connectivity index (χ3n) is 10.3. The van der Waals surface area contributed by atoms with Crippen LogP contribution in [0, 0.1) is 0 Å². The molecule has 0 aliphatic carbocycles. The van der Waals surface area contributed by atoms with Gasteiger partial charge in [-0.05, 0) is 92.0 Å². The van der Waals surface area contributed by atoms with E-state index in [2.05, 4.69) is 15.3 Å². The van der Waals surface area contributed by atoms with Gasteiger partial charge in [-0.1, -0.05) is 24.3 Å². The van der Waals surface area contributed by atoms with Gasteiger partial charge in [0.15, 0.2) is 5.65 Å². The summed E-state index contributed by atoms with van der Waals surface area (Å²) in [6.07, 6.45) is 5.74. The molecule has 14 heteroatoms. The molecule has 2 aromatic heterocycles. The van der Waals surface area contributed by atoms with E-state index in [-0.39, 0.29) is 30.2 Å². The average molecular weight is 745 g/mol. The third-order valence-corrected chi connectivity index (χ3v) is 11.5. The zero-order valence-corrected chi connectivity index (χ0v) is 30.5. The largest absolute Gasteiger partial charge is 0.457 e. The molecule has 13 nitrogen and oxygen atoms in total. The molecule has 2 atom stereocenters. The van der Waals surface area contributed by atoms with Crippen molar-refractivity contribution in [3.63, 3.8) is 0 Å². The van der Waals surface area contributed by atoms with Crippen LogP contribution in [0.1, 0.15) is 66.9 Å². The number of imide groups is 1. The highest BCUT2D eigenvalue weighted by atomic mass is 32.2. The van der Waals surface area contributed by atoms with Crippen molar-refractivity contribution in [2.24, 2.45) is 0 Å². The quantitative estimate of drug-likeness (QED) is 0.0966. The van der Waals surface area contributed by atoms with Gasteiger partial charge in [-0.15, -0.1) is 11.8 Å². The number of carbonyl (C=O) groups excluding carboxylic acids is 4. The van der Waals surface area contributed by atoms with Crippen LogP contribution in [-0.4, -0.2) is 78.1 Å². The van der Waals surface area contributed by atoms with Crippen LogP contribution < -0.4 is 15.8 Å². The summed E-state index contributed by atoms with van der Waals surface area (Å²) in [5.74, 6) is 1.84. The van der Waals surface area contributed by atoms with Gasteiger partial charge in [-0.25, -0.2) is 14.6 Å². The Morgan fingerprint density at radius 1 is 0.944 bits per heavy atom. The number of likely N-dealkylation sites (tertiary alicyclic amines) is 1. The van der Waals surface area contributed by atoms with Crippen LogP contribution >= 0.6 is 11.8 Å². The van der Waals surface area contributed by atoms with Gasteiger partial charge in [0.05, 0.1) is 11.4 Å². The summed E-state index contributed by atoms with van der Waals surface area (Å²) in [7, 11) is 0. The number of thioether (sulfide) groups is 1. The molecule has 2 saturated heterocycles. The van der Waals surface area contributed by atoms with E-state index in [0.717, 1.165) is 53.2 Å². The Kier molecular flexibility index (Phi) is 10.00. The second kappa shape index (κ2) is 15.3. The van der Waals surface area contributed by atoms with E-state index in [1.165, 1.54) is 6.33 Å². The van der Waals surface area contributed by atoms with Crippen molar-refractivity contribution in [2.75, 3.05) is 24.6 Å². The number of nitrogens with zero attached hydrogens (tertiary/aromatic N) is 6. The number of fused-ring (bicyclic) bond motifs is 2. The first kappa shape index (κ1) is 35.3. The van der Waals surface area contributed by atoms with Crippen molar-refractivity contribution >= 4 is 52.2 Å². The fourth-order valence-electron chi connectivity index (χ4n) is 7.55. The maximum Gasteiger partial charge on any atom is 0.255 e. The minimum absolute atomic E-state index is 0.0629. The molecule has 3 aliphatic rings. The van der Waals surface area contributed by atoms with Crippen molar-refractivity contribution in [1.29, 1.82) is 0 Å². The minimum atomic E-state index is -0.639. The lowest BCUT2D eigenvalue weighted by molar-refractivity contribution is -0.137. The molecule has 4 amide bonds. The van der Waals surface area contributed by atoms with Gasteiger partial charge in [-0.3, -0.25) is 24.5 Å². The second-order valence-corrected chi connectivity index (χ2v) is 15.0. The summed E-state index contributed by atoms with van der Waals surface area (Å²) < 4.78 is 7.89. The number of amides is 4. The summed E-state index contributed by atoms with van der Waals surface area (Å²) in [6, 6.07) is 22.3. The fourth-order valence-corrected chi connectivity index (χ4v) is 8.64. The van der Waals surface area contributed by atoms with E-state index < -0.39 is 11.9 Å². The minimum Gasteiger partial charge on any atom is -0.457 e. The summed E-state index contributed by atoms with van der Waals surface area (Å²) in [5.41, 5.74) is 10.1. The van der Waals surface area contributed by atoms with Gasteiger partial charge in [0.25, 0.3) is 5.91 Å². The Balaban J connectivity index is 0.873. The van der Waals surface area contributed by atoms with Crippen molar-refractivity contribution in [3.05, 3.63) is 90.3 Å². The van der Waals surface area contributed by atoms with Crippen LogP contribution in [0.4, 0.5) is 5.82 Å². The summed E-state index contributed by atoms with van der Waals surface area (Å²) in [5, 5.41) is 8.07. The summed E-state index contributed by atoms with van der Waals surface area (Å²) >= 11 is 1.67. The predicted molar refractivity (Wildman–Crippen MR) is 204 cm³/mol. The number of unbranched alkanes of at least 4 members (excludes halogenated alkanes) is 1. The number of rotatable bonds is 11. The number of nitrogens with two attached hydrogens (primary N) is 1. The molecule has 3 aromatic carbocycles. The molecule has 5 aromatic rings. The number of anilines is 1. The average Bonchev–Trinajstić information content (AvgIpc) is 3.75. The first-order valence-electron chi connectivity index (χ1n) is 18.3. The fraction of sp³-hybridized carbons (Fsp3) is 0.325. The van der Waals surface area contributed by atoms with Gasteiger partial charge in [0.1, 0.15) is 35.4 Å². The molecule has 0 radical (unpaired) electrons. The highest BCUT2D eigenvalue weighted by Gasteiger charge is 2.40. The van der Waals surface area contributed by atoms with E-state index in [1.54, 1.807) is 22.7 Å². The van der Waals surface area contributed by atoms with E-state index in [1.807, 2.05) is 76.3 Å². The number of para-hydroxylation sites is 1. The van der Waals surface area contributed by atoms with Crippen LogP contribution in [-0.2, 0) is 20.9 Å². The lowest BCUT2D eigenvalue weighted by atomic mass is 10.0. The van der Waals surface area contributed by atoms with Crippen molar-refractivity contribution < 1.29 is 23.9 Å². The van der Waals surface area contributed by atoms with Crippen LogP contribution in [0.2, 0.25) is 0 Å². The summed E-state index contributed by atoms with van der Waals surface area (Å²) in [6.45, 7) is 1.58. The van der Waals surface area contributed by atoms with Gasteiger partial charge in [-0.2, -0.15) is 5.10 Å². The van der Waals surface area contributed by atoms with Gasteiger partial charge >= 0.3 is 0 Å². The topological polar surface area (TPSA) is 166 Å². The molecule has 3 N–H and O–H groups in total. The first-order valence-corrected chi connectivity index (χ1v) is 19.3. The standard InChI is InChI=1S/C40H40N8O5S/c41-37-35-36(25-14-16-28(17-15-25)53-27-9-2-1-3-10-27)45-48(38(35)43-24-42-37)26-8-7-20-46(22-26)34(50)13-4-5-21-54-32-12-6-11-29-30(32)23-47(40(29)52)31-18-19-33(49)44-39(31)51/h1-3,6,9-12,14-17,24,26,31H,4-5,7-8,13,18-23H2,(H2,41,42,43)(H,44,49,51)/t26-,31?/m1/s1. The van der Waals surface area contributed by atoms with Gasteiger partial charge < -0.3 is 20.3 Å². The smallest absolute Gasteiger partial charge is 0.255 e. The molecule has 0 saturated carbocycles. The molecule has 8 rings (SSSR count). The zero-order valence-electron chi connectivity index (χ0n) is 29.6. The van der Waals surface area contributed by atoms with Crippen molar-refractivity contribution in [3.8, 4) is 22.8 Å². The SMILES string of the molecule is Nc1ncnc2c1c(-c1ccc(Oc3ccccc3)cc1)nn2[C@@H]1CCCN(C(=O)CCCCSc2cccc3c2CN(C2CCC(=O)NC2=O)C3=O)C1. The Bertz CT molecular complexity index is 2230. The number of nitrogens with one attached hydrogen (secondary N) is 1. The molecule has 3 aliphatic heterocycles. The van der Waals surface area contributed by atoms with Crippen molar-refractivity contribution in [1.82, 2.24) is 34.9 Å². The normalized spacial score (nSPS) is 18.6. The molecule has 5 heterocycles. The molecule has 54 heavy (non-hydrogen) atoms. The monoisotopic (exact) mass is 744 g/mol. The van der Waals surface area contributed by atoms with Gasteiger partial charge in [0.2, 0.25) is 17.7 Å². The predicted octanol–water partition coefficient (Wildman–Crippen LogP) is 5.75. The van der Waals surface area contributed by atoms with E-state index in [9.17, 15) is 19.2 Å². The highest BCUT2D eigenvalue weighted by Crippen LogP contribution is 2.37. The third kappa shape index (κ3) is 7.13. The number of hydrogen-bond donors (Lipinski definition) is 2. The molecular formula is C40H40N8O5S. The number of nitrogen functional groups attached to an aromatic ring is 1. The number of ether oxygens (including phenoxy) is 1. The first-order chi connectivity index (χ1) is 26.3. The lowest BCUT2D eigenvalue weighted by Gasteiger charge is -2.33. The molecule has 2 fully saturated rings.